The third-order valence-electron chi connectivity index (χ3n) is 3.15. The quantitative estimate of drug-likeness (QED) is 0.789. The molecule has 1 saturated carbocycles. The van der Waals surface area contributed by atoms with Crippen LogP contribution in [0.15, 0.2) is 24.3 Å². The van der Waals surface area contributed by atoms with Crippen LogP contribution in [-0.2, 0) is 9.59 Å². The van der Waals surface area contributed by atoms with Gasteiger partial charge in [0.05, 0.1) is 12.2 Å². The molecule has 1 aliphatic carbocycles. The third kappa shape index (κ3) is 1.90. The lowest BCUT2D eigenvalue weighted by molar-refractivity contribution is -0.125. The van der Waals surface area contributed by atoms with Crippen molar-refractivity contribution in [2.24, 2.45) is 5.92 Å². The van der Waals surface area contributed by atoms with E-state index in [1.165, 1.54) is 0 Å². The number of fused-ring (bicyclic) bond motifs is 1. The van der Waals surface area contributed by atoms with Crippen molar-refractivity contribution < 1.29 is 14.3 Å². The number of benzene rings is 1. The lowest BCUT2D eigenvalue weighted by Gasteiger charge is -2.28. The summed E-state index contributed by atoms with van der Waals surface area (Å²) in [5, 5.41) is 0. The summed E-state index contributed by atoms with van der Waals surface area (Å²) in [5.41, 5.74) is 0.706. The zero-order valence-corrected chi connectivity index (χ0v) is 9.39. The molecule has 0 spiro atoms. The van der Waals surface area contributed by atoms with Crippen LogP contribution in [0, 0.1) is 5.92 Å². The highest BCUT2D eigenvalue weighted by Crippen LogP contribution is 2.34. The molecule has 3 rings (SSSR count). The molecule has 0 radical (unpaired) electrons. The first-order valence-electron chi connectivity index (χ1n) is 5.80. The summed E-state index contributed by atoms with van der Waals surface area (Å²) < 4.78 is 5.32. The van der Waals surface area contributed by atoms with Crippen molar-refractivity contribution in [2.75, 3.05) is 18.1 Å². The van der Waals surface area contributed by atoms with Gasteiger partial charge in [-0.2, -0.15) is 0 Å². The Bertz CT molecular complexity index is 479. The van der Waals surface area contributed by atoms with Crippen molar-refractivity contribution in [3.8, 4) is 5.75 Å². The van der Waals surface area contributed by atoms with Crippen LogP contribution in [-0.4, -0.2) is 24.8 Å². The van der Waals surface area contributed by atoms with E-state index in [9.17, 15) is 9.59 Å². The van der Waals surface area contributed by atoms with Crippen LogP contribution < -0.4 is 9.64 Å². The zero-order valence-electron chi connectivity index (χ0n) is 9.39. The van der Waals surface area contributed by atoms with E-state index < -0.39 is 0 Å². The number of carbonyl (C=O) groups is 2. The summed E-state index contributed by atoms with van der Waals surface area (Å²) in [6, 6.07) is 7.33. The van der Waals surface area contributed by atoms with Gasteiger partial charge < -0.3 is 4.74 Å². The standard InChI is InChI=1S/C13H13NO3/c15-11(9-5-6-9)7-14-10-3-1-2-4-12(10)17-8-13(14)16/h1-4,9H,5-8H2. The summed E-state index contributed by atoms with van der Waals surface area (Å²) in [6.07, 6.45) is 1.94. The van der Waals surface area contributed by atoms with Crippen LogP contribution >= 0.6 is 0 Å². The lowest BCUT2D eigenvalue weighted by Crippen LogP contribution is -2.42. The second-order valence-electron chi connectivity index (χ2n) is 4.48. The van der Waals surface area contributed by atoms with Gasteiger partial charge in [-0.1, -0.05) is 12.1 Å². The molecule has 88 valence electrons. The highest BCUT2D eigenvalue weighted by atomic mass is 16.5. The molecule has 1 aliphatic heterocycles. The molecule has 0 bridgehead atoms. The van der Waals surface area contributed by atoms with Crippen LogP contribution in [0.4, 0.5) is 5.69 Å². The Hall–Kier alpha value is -1.84. The number of nitrogens with zero attached hydrogens (tertiary/aromatic N) is 1. The number of ketones is 1. The summed E-state index contributed by atoms with van der Waals surface area (Å²) in [5.74, 6) is 0.876. The zero-order chi connectivity index (χ0) is 11.8. The smallest absolute Gasteiger partial charge is 0.265 e. The van der Waals surface area contributed by atoms with Crippen molar-refractivity contribution >= 4 is 17.4 Å². The van der Waals surface area contributed by atoms with E-state index in [0.29, 0.717) is 11.4 Å². The Balaban J connectivity index is 1.86. The molecule has 1 aromatic carbocycles. The Morgan fingerprint density at radius 2 is 2.12 bits per heavy atom. The molecule has 0 unspecified atom stereocenters. The van der Waals surface area contributed by atoms with E-state index in [0.717, 1.165) is 12.8 Å². The Kier molecular flexibility index (Phi) is 2.35. The monoisotopic (exact) mass is 231 g/mol. The summed E-state index contributed by atoms with van der Waals surface area (Å²) in [7, 11) is 0. The second kappa shape index (κ2) is 3.87. The predicted molar refractivity (Wildman–Crippen MR) is 62.0 cm³/mol. The predicted octanol–water partition coefficient (Wildman–Crippen LogP) is 1.39. The van der Waals surface area contributed by atoms with Gasteiger partial charge >= 0.3 is 0 Å². The van der Waals surface area contributed by atoms with Crippen LogP contribution in [0.25, 0.3) is 0 Å². The molecule has 1 aromatic rings. The maximum Gasteiger partial charge on any atom is 0.265 e. The third-order valence-corrected chi connectivity index (χ3v) is 3.15. The maximum absolute atomic E-state index is 11.8. The summed E-state index contributed by atoms with van der Waals surface area (Å²) in [4.78, 5) is 25.1. The van der Waals surface area contributed by atoms with E-state index in [1.54, 1.807) is 4.90 Å². The molecule has 0 aromatic heterocycles. The van der Waals surface area contributed by atoms with Crippen molar-refractivity contribution in [3.63, 3.8) is 0 Å². The van der Waals surface area contributed by atoms with Gasteiger partial charge in [0.2, 0.25) is 0 Å². The summed E-state index contributed by atoms with van der Waals surface area (Å²) >= 11 is 0. The molecule has 2 aliphatic rings. The van der Waals surface area contributed by atoms with Crippen LogP contribution in [0.5, 0.6) is 5.75 Å². The number of ether oxygens (including phenoxy) is 1. The minimum atomic E-state index is -0.141. The number of hydrogen-bond donors (Lipinski definition) is 0. The van der Waals surface area contributed by atoms with E-state index in [2.05, 4.69) is 0 Å². The number of anilines is 1. The topological polar surface area (TPSA) is 46.6 Å². The van der Waals surface area contributed by atoms with E-state index in [4.69, 9.17) is 4.74 Å². The van der Waals surface area contributed by atoms with Gasteiger partial charge in [-0.05, 0) is 25.0 Å². The number of carbonyl (C=O) groups excluding carboxylic acids is 2. The van der Waals surface area contributed by atoms with Crippen molar-refractivity contribution in [3.05, 3.63) is 24.3 Å². The van der Waals surface area contributed by atoms with E-state index >= 15 is 0 Å². The molecule has 0 N–H and O–H groups in total. The number of amides is 1. The van der Waals surface area contributed by atoms with Crippen molar-refractivity contribution in [2.45, 2.75) is 12.8 Å². The van der Waals surface area contributed by atoms with E-state index in [1.807, 2.05) is 24.3 Å². The van der Waals surface area contributed by atoms with Gasteiger partial charge in [0.25, 0.3) is 5.91 Å². The molecular formula is C13H13NO3. The van der Waals surface area contributed by atoms with Gasteiger partial charge in [0, 0.05) is 5.92 Å². The van der Waals surface area contributed by atoms with Crippen molar-refractivity contribution in [1.29, 1.82) is 0 Å². The van der Waals surface area contributed by atoms with E-state index in [-0.39, 0.29) is 30.8 Å². The fourth-order valence-corrected chi connectivity index (χ4v) is 2.02. The molecule has 0 saturated heterocycles. The average Bonchev–Trinajstić information content (AvgIpc) is 3.17. The maximum atomic E-state index is 11.8. The van der Waals surface area contributed by atoms with Crippen LogP contribution in [0.3, 0.4) is 0 Å². The first-order chi connectivity index (χ1) is 8.25. The van der Waals surface area contributed by atoms with Crippen LogP contribution in [0.1, 0.15) is 12.8 Å². The molecule has 1 amide bonds. The van der Waals surface area contributed by atoms with Gasteiger partial charge in [-0.25, -0.2) is 0 Å². The summed E-state index contributed by atoms with van der Waals surface area (Å²) in [6.45, 7) is 0.207. The highest BCUT2D eigenvalue weighted by Gasteiger charge is 2.34. The Morgan fingerprint density at radius 3 is 2.88 bits per heavy atom. The average molecular weight is 231 g/mol. The van der Waals surface area contributed by atoms with Gasteiger partial charge in [0.1, 0.15) is 5.75 Å². The fraction of sp³-hybridized carbons (Fsp3) is 0.385. The van der Waals surface area contributed by atoms with Gasteiger partial charge in [-0.15, -0.1) is 0 Å². The fourth-order valence-electron chi connectivity index (χ4n) is 2.02. The SMILES string of the molecule is O=C(CN1C(=O)COc2ccccc21)C1CC1. The van der Waals surface area contributed by atoms with Crippen LogP contribution in [0.2, 0.25) is 0 Å². The Morgan fingerprint density at radius 1 is 1.35 bits per heavy atom. The number of Topliss-reactive ketones (excluding diaryl/α,β-unsaturated/α-hetero) is 1. The lowest BCUT2D eigenvalue weighted by atomic mass is 10.2. The van der Waals surface area contributed by atoms with Gasteiger partial charge in [0.15, 0.2) is 12.4 Å². The van der Waals surface area contributed by atoms with Gasteiger partial charge in [-0.3, -0.25) is 14.5 Å². The highest BCUT2D eigenvalue weighted by molar-refractivity contribution is 6.03. The first-order valence-corrected chi connectivity index (χ1v) is 5.80. The molecule has 1 fully saturated rings. The molecular weight excluding hydrogens is 218 g/mol. The minimum Gasteiger partial charge on any atom is -0.482 e. The molecule has 17 heavy (non-hydrogen) atoms. The molecule has 4 nitrogen and oxygen atoms in total. The normalized spacial score (nSPS) is 18.6. The first kappa shape index (κ1) is 10.3. The van der Waals surface area contributed by atoms with Crippen molar-refractivity contribution in [1.82, 2.24) is 0 Å². The largest absolute Gasteiger partial charge is 0.482 e. The Labute approximate surface area is 99.2 Å². The molecule has 4 heteroatoms. The number of hydrogen-bond acceptors (Lipinski definition) is 3. The number of rotatable bonds is 3. The minimum absolute atomic E-state index is 0.0228. The molecule has 0 atom stereocenters. The molecule has 1 heterocycles. The second-order valence-corrected chi connectivity index (χ2v) is 4.48. The number of para-hydroxylation sites is 2.